The average Bonchev–Trinajstić information content (AvgIpc) is 2.87. The molecule has 11 heteroatoms. The third kappa shape index (κ3) is 6.93. The number of rotatable bonds is 6. The molecule has 1 fully saturated rings. The van der Waals surface area contributed by atoms with Gasteiger partial charge in [0.2, 0.25) is 0 Å². The molecular formula is C27H29F2N5O4. The minimum atomic E-state index is -0.892. The largest absolute Gasteiger partial charge is 0.484 e. The summed E-state index contributed by atoms with van der Waals surface area (Å²) in [5.74, 6) is -2.54. The number of carbonyl (C=O) groups excluding carboxylic acids is 2. The molecule has 2 aromatic heterocycles. The number of aromatic nitrogens is 2. The number of hydrogen-bond donors (Lipinski definition) is 2. The smallest absolute Gasteiger partial charge is 0.410 e. The first-order chi connectivity index (χ1) is 18.1. The monoisotopic (exact) mass is 525 g/mol. The van der Waals surface area contributed by atoms with E-state index in [1.807, 2.05) is 0 Å². The van der Waals surface area contributed by atoms with E-state index in [0.717, 1.165) is 12.1 Å². The highest BCUT2D eigenvalue weighted by Crippen LogP contribution is 2.31. The van der Waals surface area contributed by atoms with Gasteiger partial charge in [-0.15, -0.1) is 0 Å². The molecule has 200 valence electrons. The van der Waals surface area contributed by atoms with Gasteiger partial charge in [0.05, 0.1) is 5.69 Å². The minimum absolute atomic E-state index is 0.0825. The Morgan fingerprint density at radius 3 is 2.32 bits per heavy atom. The Morgan fingerprint density at radius 1 is 1.00 bits per heavy atom. The van der Waals surface area contributed by atoms with Crippen LogP contribution in [0.5, 0.6) is 5.75 Å². The van der Waals surface area contributed by atoms with E-state index in [0.29, 0.717) is 31.6 Å². The summed E-state index contributed by atoms with van der Waals surface area (Å²) in [5, 5.41) is 5.53. The number of pyridine rings is 2. The summed E-state index contributed by atoms with van der Waals surface area (Å²) in [6.45, 7) is 6.08. The Morgan fingerprint density at radius 2 is 1.68 bits per heavy atom. The van der Waals surface area contributed by atoms with Gasteiger partial charge < -0.3 is 25.0 Å². The van der Waals surface area contributed by atoms with Gasteiger partial charge >= 0.3 is 6.09 Å². The van der Waals surface area contributed by atoms with Gasteiger partial charge in [0.25, 0.3) is 5.91 Å². The highest BCUT2D eigenvalue weighted by Gasteiger charge is 2.29. The molecule has 0 aliphatic carbocycles. The van der Waals surface area contributed by atoms with Gasteiger partial charge in [0.15, 0.2) is 23.2 Å². The van der Waals surface area contributed by atoms with Gasteiger partial charge in [-0.2, -0.15) is 0 Å². The first kappa shape index (κ1) is 26.8. The maximum absolute atomic E-state index is 14.9. The van der Waals surface area contributed by atoms with Gasteiger partial charge in [-0.3, -0.25) is 9.78 Å². The molecule has 0 radical (unpaired) electrons. The summed E-state index contributed by atoms with van der Waals surface area (Å²) in [4.78, 5) is 34.5. The third-order valence-corrected chi connectivity index (χ3v) is 5.59. The Balaban J connectivity index is 1.40. The zero-order chi connectivity index (χ0) is 27.3. The molecule has 3 heterocycles. The number of likely N-dealkylation sites (tertiary alicyclic amines) is 1. The molecule has 4 rings (SSSR count). The zero-order valence-corrected chi connectivity index (χ0v) is 21.3. The molecule has 0 saturated carbocycles. The number of piperidine rings is 1. The number of carbonyl (C=O) groups is 2. The fourth-order valence-electron chi connectivity index (χ4n) is 3.82. The maximum Gasteiger partial charge on any atom is 0.410 e. The van der Waals surface area contributed by atoms with Gasteiger partial charge in [-0.05, 0) is 45.0 Å². The van der Waals surface area contributed by atoms with Crippen LogP contribution in [0.1, 0.15) is 44.1 Å². The lowest BCUT2D eigenvalue weighted by Crippen LogP contribution is -2.44. The van der Waals surface area contributed by atoms with Crippen molar-refractivity contribution in [2.24, 2.45) is 0 Å². The Hall–Kier alpha value is -4.28. The Bertz CT molecular complexity index is 1270. The van der Waals surface area contributed by atoms with Crippen LogP contribution in [0.3, 0.4) is 0 Å². The lowest BCUT2D eigenvalue weighted by atomic mass is 10.1. The van der Waals surface area contributed by atoms with Crippen LogP contribution in [0, 0.1) is 11.6 Å². The fraction of sp³-hybridized carbons (Fsp3) is 0.333. The van der Waals surface area contributed by atoms with Gasteiger partial charge in [0.1, 0.15) is 17.4 Å². The molecule has 2 amide bonds. The van der Waals surface area contributed by atoms with Crippen LogP contribution < -0.4 is 15.4 Å². The quantitative estimate of drug-likeness (QED) is 0.436. The first-order valence-electron chi connectivity index (χ1n) is 12.2. The van der Waals surface area contributed by atoms with E-state index in [9.17, 15) is 18.4 Å². The zero-order valence-electron chi connectivity index (χ0n) is 21.3. The number of nitrogens with zero attached hydrogens (tertiary/aromatic N) is 3. The molecule has 0 atom stereocenters. The van der Waals surface area contributed by atoms with Crippen molar-refractivity contribution >= 4 is 29.2 Å². The van der Waals surface area contributed by atoms with Crippen molar-refractivity contribution in [2.75, 3.05) is 23.7 Å². The molecule has 38 heavy (non-hydrogen) atoms. The Labute approximate surface area is 219 Å². The predicted octanol–water partition coefficient (Wildman–Crippen LogP) is 5.53. The second-order valence-corrected chi connectivity index (χ2v) is 9.75. The number of ether oxygens (including phenoxy) is 2. The molecule has 1 aliphatic heterocycles. The van der Waals surface area contributed by atoms with E-state index in [1.165, 1.54) is 12.4 Å². The van der Waals surface area contributed by atoms with Crippen LogP contribution in [0.2, 0.25) is 0 Å². The fourth-order valence-corrected chi connectivity index (χ4v) is 3.82. The molecule has 0 spiro atoms. The van der Waals surface area contributed by atoms with E-state index in [-0.39, 0.29) is 17.2 Å². The maximum atomic E-state index is 14.9. The van der Waals surface area contributed by atoms with Crippen molar-refractivity contribution in [3.63, 3.8) is 0 Å². The molecule has 0 unspecified atom stereocenters. The summed E-state index contributed by atoms with van der Waals surface area (Å²) in [6, 6.07) is 10.3. The summed E-state index contributed by atoms with van der Waals surface area (Å²) < 4.78 is 40.8. The normalized spacial score (nSPS) is 14.1. The number of halogens is 2. The minimum Gasteiger partial charge on any atom is -0.484 e. The number of amides is 2. The number of benzene rings is 1. The lowest BCUT2D eigenvalue weighted by Gasteiger charge is -2.33. The summed E-state index contributed by atoms with van der Waals surface area (Å²) in [5.41, 5.74) is -0.00860. The molecule has 1 aromatic carbocycles. The molecule has 0 bridgehead atoms. The van der Waals surface area contributed by atoms with E-state index < -0.39 is 41.1 Å². The second-order valence-electron chi connectivity index (χ2n) is 9.75. The van der Waals surface area contributed by atoms with Gasteiger partial charge in [-0.25, -0.2) is 18.6 Å². The van der Waals surface area contributed by atoms with Crippen molar-refractivity contribution in [3.05, 3.63) is 72.2 Å². The van der Waals surface area contributed by atoms with E-state index in [2.05, 4.69) is 20.6 Å². The van der Waals surface area contributed by atoms with Crippen LogP contribution in [0.25, 0.3) is 0 Å². The average molecular weight is 526 g/mol. The van der Waals surface area contributed by atoms with E-state index in [1.54, 1.807) is 56.0 Å². The Kier molecular flexibility index (Phi) is 8.04. The number of anilines is 3. The summed E-state index contributed by atoms with van der Waals surface area (Å²) >= 11 is 0. The second kappa shape index (κ2) is 11.4. The topological polar surface area (TPSA) is 106 Å². The van der Waals surface area contributed by atoms with Crippen LogP contribution in [0.4, 0.5) is 30.8 Å². The molecule has 9 nitrogen and oxygen atoms in total. The van der Waals surface area contributed by atoms with Crippen LogP contribution >= 0.6 is 0 Å². The van der Waals surface area contributed by atoms with E-state index >= 15 is 0 Å². The molecule has 3 aromatic rings. The highest BCUT2D eigenvalue weighted by molar-refractivity contribution is 6.04. The van der Waals surface area contributed by atoms with Crippen LogP contribution in [-0.4, -0.2) is 51.7 Å². The number of hydrogen-bond acceptors (Lipinski definition) is 7. The molecular weight excluding hydrogens is 496 g/mol. The van der Waals surface area contributed by atoms with Gasteiger partial charge in [0, 0.05) is 56.1 Å². The van der Waals surface area contributed by atoms with E-state index in [4.69, 9.17) is 9.47 Å². The van der Waals surface area contributed by atoms with Crippen LogP contribution in [0.15, 0.2) is 54.9 Å². The summed E-state index contributed by atoms with van der Waals surface area (Å²) in [7, 11) is 0. The van der Waals surface area contributed by atoms with Crippen molar-refractivity contribution in [3.8, 4) is 5.75 Å². The molecule has 2 N–H and O–H groups in total. The third-order valence-electron chi connectivity index (χ3n) is 5.59. The van der Waals surface area contributed by atoms with Gasteiger partial charge in [-0.1, -0.05) is 6.07 Å². The lowest BCUT2D eigenvalue weighted by molar-refractivity contribution is 0.0119. The van der Waals surface area contributed by atoms with Crippen molar-refractivity contribution in [2.45, 2.75) is 45.3 Å². The van der Waals surface area contributed by atoms with Crippen molar-refractivity contribution < 1.29 is 27.8 Å². The summed E-state index contributed by atoms with van der Waals surface area (Å²) in [6.07, 6.45) is 2.91. The predicted molar refractivity (Wildman–Crippen MR) is 138 cm³/mol. The SMILES string of the molecule is CC(C)(C)OC(=O)N1CCC(Oc2c(F)cc(Nc3ncccc3NC(=O)c3ccccn3)cc2F)CC1. The van der Waals surface area contributed by atoms with Crippen molar-refractivity contribution in [1.29, 1.82) is 0 Å². The highest BCUT2D eigenvalue weighted by atomic mass is 19.1. The standard InChI is InChI=1S/C27H29F2N5O4/c1-27(2,3)38-26(36)34-13-9-18(10-14-34)37-23-19(28)15-17(16-20(23)29)32-24-21(8-6-12-31-24)33-25(35)22-7-4-5-11-30-22/h4-8,11-12,15-16,18H,9-10,13-14H2,1-3H3,(H,31,32)(H,33,35). The van der Waals surface area contributed by atoms with Crippen LogP contribution in [-0.2, 0) is 4.74 Å². The first-order valence-corrected chi connectivity index (χ1v) is 12.2. The number of nitrogens with one attached hydrogen (secondary N) is 2. The molecule has 1 aliphatic rings. The molecule has 1 saturated heterocycles. The van der Waals surface area contributed by atoms with Crippen molar-refractivity contribution in [1.82, 2.24) is 14.9 Å².